The molecule has 0 aromatic carbocycles. The first-order chi connectivity index (χ1) is 9.61. The highest BCUT2D eigenvalue weighted by Gasteiger charge is 2.14. The minimum atomic E-state index is -0.420. The van der Waals surface area contributed by atoms with Crippen LogP contribution < -0.4 is 11.1 Å². The summed E-state index contributed by atoms with van der Waals surface area (Å²) < 4.78 is 5.01. The van der Waals surface area contributed by atoms with Crippen molar-refractivity contribution in [3.8, 4) is 0 Å². The van der Waals surface area contributed by atoms with Crippen LogP contribution in [0.2, 0.25) is 0 Å². The Bertz CT molecular complexity index is 610. The third kappa shape index (κ3) is 3.27. The molecule has 0 amide bonds. The van der Waals surface area contributed by atoms with Crippen molar-refractivity contribution in [3.63, 3.8) is 0 Å². The third-order valence-electron chi connectivity index (χ3n) is 2.81. The fraction of sp³-hybridized carbons (Fsp3) is 0.286. The Balaban J connectivity index is 2.18. The van der Waals surface area contributed by atoms with Crippen molar-refractivity contribution < 1.29 is 9.53 Å². The molecule has 0 saturated heterocycles. The first-order valence-electron chi connectivity index (χ1n) is 6.30. The van der Waals surface area contributed by atoms with Crippen molar-refractivity contribution >= 4 is 28.8 Å². The number of esters is 1. The molecule has 2 rings (SSSR count). The molecule has 0 aliphatic rings. The van der Waals surface area contributed by atoms with Crippen molar-refractivity contribution in [2.24, 2.45) is 0 Å². The summed E-state index contributed by atoms with van der Waals surface area (Å²) in [6, 6.07) is 1.58. The average Bonchev–Trinajstić information content (AvgIpc) is 2.83. The molecule has 2 heterocycles. The summed E-state index contributed by atoms with van der Waals surface area (Å²) in [6.45, 7) is 4.74. The second kappa shape index (κ2) is 6.38. The molecular weight excluding hydrogens is 274 g/mol. The second-order valence-corrected chi connectivity index (χ2v) is 5.06. The van der Waals surface area contributed by atoms with Gasteiger partial charge in [-0.3, -0.25) is 0 Å². The average molecular weight is 291 g/mol. The van der Waals surface area contributed by atoms with Crippen LogP contribution in [0, 0.1) is 6.92 Å². The Morgan fingerprint density at radius 1 is 1.50 bits per heavy atom. The maximum absolute atomic E-state index is 11.9. The molecule has 106 valence electrons. The number of hydrogen-bond acceptors (Lipinski definition) is 6. The minimum absolute atomic E-state index is 0.316. The third-order valence-corrected chi connectivity index (χ3v) is 3.72. The van der Waals surface area contributed by atoms with Gasteiger partial charge in [-0.1, -0.05) is 0 Å². The topological polar surface area (TPSA) is 77.2 Å². The van der Waals surface area contributed by atoms with Gasteiger partial charge in [0.15, 0.2) is 0 Å². The second-order valence-electron chi connectivity index (χ2n) is 4.32. The normalized spacial score (nSPS) is 10.3. The van der Waals surface area contributed by atoms with E-state index in [1.807, 2.05) is 0 Å². The van der Waals surface area contributed by atoms with Crippen LogP contribution in [0.3, 0.4) is 0 Å². The van der Waals surface area contributed by atoms with Gasteiger partial charge >= 0.3 is 5.97 Å². The first kappa shape index (κ1) is 14.3. The number of ether oxygens (including phenoxy) is 1. The van der Waals surface area contributed by atoms with E-state index in [9.17, 15) is 4.79 Å². The molecule has 0 fully saturated rings. The van der Waals surface area contributed by atoms with Crippen molar-refractivity contribution in [2.75, 3.05) is 17.7 Å². The highest BCUT2D eigenvalue weighted by atomic mass is 32.1. The molecule has 2 aromatic heterocycles. The number of carbonyl (C=O) groups is 1. The molecule has 0 radical (unpaired) electrons. The summed E-state index contributed by atoms with van der Waals surface area (Å²) in [5.41, 5.74) is 8.88. The molecule has 5 nitrogen and oxygen atoms in total. The molecule has 0 aliphatic heterocycles. The lowest BCUT2D eigenvalue weighted by Gasteiger charge is -2.11. The van der Waals surface area contributed by atoms with E-state index in [-0.39, 0.29) is 0 Å². The summed E-state index contributed by atoms with van der Waals surface area (Å²) in [4.78, 5) is 16.1. The largest absolute Gasteiger partial charge is 0.462 e. The highest BCUT2D eigenvalue weighted by molar-refractivity contribution is 7.08. The zero-order valence-electron chi connectivity index (χ0n) is 11.5. The molecule has 2 aromatic rings. The van der Waals surface area contributed by atoms with Gasteiger partial charge in [0.05, 0.1) is 18.5 Å². The van der Waals surface area contributed by atoms with E-state index in [1.54, 1.807) is 24.3 Å². The zero-order valence-corrected chi connectivity index (χ0v) is 12.3. The zero-order chi connectivity index (χ0) is 14.5. The Kier molecular flexibility index (Phi) is 4.57. The molecule has 20 heavy (non-hydrogen) atoms. The summed E-state index contributed by atoms with van der Waals surface area (Å²) in [5, 5.41) is 7.32. The van der Waals surface area contributed by atoms with Crippen LogP contribution in [-0.2, 0) is 11.3 Å². The van der Waals surface area contributed by atoms with Crippen LogP contribution >= 0.6 is 11.3 Å². The van der Waals surface area contributed by atoms with Crippen molar-refractivity contribution in [3.05, 3.63) is 39.7 Å². The number of nitrogens with one attached hydrogen (secondary N) is 1. The van der Waals surface area contributed by atoms with E-state index in [0.29, 0.717) is 30.2 Å². The maximum Gasteiger partial charge on any atom is 0.341 e. The molecule has 0 spiro atoms. The minimum Gasteiger partial charge on any atom is -0.462 e. The van der Waals surface area contributed by atoms with E-state index in [0.717, 1.165) is 0 Å². The number of nitrogens with zero attached hydrogens (tertiary/aromatic N) is 1. The van der Waals surface area contributed by atoms with Gasteiger partial charge in [-0.25, -0.2) is 9.78 Å². The Hall–Kier alpha value is -2.08. The number of aryl methyl sites for hydroxylation is 1. The van der Waals surface area contributed by atoms with Crippen LogP contribution in [0.15, 0.2) is 23.0 Å². The number of carbonyl (C=O) groups excluding carboxylic acids is 1. The van der Waals surface area contributed by atoms with Gasteiger partial charge < -0.3 is 15.8 Å². The van der Waals surface area contributed by atoms with Gasteiger partial charge in [0.25, 0.3) is 0 Å². The van der Waals surface area contributed by atoms with E-state index >= 15 is 0 Å². The number of anilines is 2. The number of aromatic nitrogens is 1. The van der Waals surface area contributed by atoms with Crippen molar-refractivity contribution in [1.29, 1.82) is 0 Å². The number of hydrogen-bond donors (Lipinski definition) is 2. The molecular formula is C14H17N3O2S. The predicted octanol–water partition coefficient (Wildman–Crippen LogP) is 2.82. The number of nitrogen functional groups attached to an aromatic ring is 1. The van der Waals surface area contributed by atoms with Gasteiger partial charge in [-0.15, -0.1) is 0 Å². The highest BCUT2D eigenvalue weighted by Crippen LogP contribution is 2.20. The van der Waals surface area contributed by atoms with Gasteiger partial charge in [0, 0.05) is 6.54 Å². The maximum atomic E-state index is 11.9. The summed E-state index contributed by atoms with van der Waals surface area (Å²) >= 11 is 1.65. The van der Waals surface area contributed by atoms with Gasteiger partial charge in [-0.05, 0) is 41.8 Å². The number of rotatable bonds is 5. The van der Waals surface area contributed by atoms with Crippen molar-refractivity contribution in [2.45, 2.75) is 20.4 Å². The predicted molar refractivity (Wildman–Crippen MR) is 81.0 cm³/mol. The van der Waals surface area contributed by atoms with Crippen LogP contribution in [0.1, 0.15) is 28.4 Å². The number of nitrogens with two attached hydrogens (primary N) is 1. The van der Waals surface area contributed by atoms with Crippen LogP contribution in [0.5, 0.6) is 0 Å². The quantitative estimate of drug-likeness (QED) is 0.828. The van der Waals surface area contributed by atoms with Crippen molar-refractivity contribution in [1.82, 2.24) is 4.98 Å². The lowest BCUT2D eigenvalue weighted by Crippen LogP contribution is -2.12. The Morgan fingerprint density at radius 2 is 2.30 bits per heavy atom. The number of pyridine rings is 1. The fourth-order valence-electron chi connectivity index (χ4n) is 1.73. The monoisotopic (exact) mass is 291 g/mol. The van der Waals surface area contributed by atoms with E-state index in [2.05, 4.69) is 28.0 Å². The standard InChI is InChI=1S/C14H17N3O2S/c1-3-19-14(18)12-4-11(15)6-17-13(12)16-5-10-8-20-7-9(10)2/h4,6-8H,3,5,15H2,1-2H3,(H,16,17). The molecule has 0 unspecified atom stereocenters. The Morgan fingerprint density at radius 3 is 2.95 bits per heavy atom. The summed E-state index contributed by atoms with van der Waals surface area (Å²) in [6.07, 6.45) is 1.52. The fourth-order valence-corrected chi connectivity index (χ4v) is 2.59. The molecule has 3 N–H and O–H groups in total. The van der Waals surface area contributed by atoms with Gasteiger partial charge in [0.1, 0.15) is 11.4 Å². The Labute approximate surface area is 121 Å². The van der Waals surface area contributed by atoms with Gasteiger partial charge in [-0.2, -0.15) is 11.3 Å². The van der Waals surface area contributed by atoms with E-state index < -0.39 is 5.97 Å². The molecule has 0 aliphatic carbocycles. The molecule has 0 atom stereocenters. The molecule has 6 heteroatoms. The first-order valence-corrected chi connectivity index (χ1v) is 7.24. The smallest absolute Gasteiger partial charge is 0.341 e. The van der Waals surface area contributed by atoms with Crippen LogP contribution in [0.25, 0.3) is 0 Å². The SMILES string of the molecule is CCOC(=O)c1cc(N)cnc1NCc1cscc1C. The lowest BCUT2D eigenvalue weighted by atomic mass is 10.2. The van der Waals surface area contributed by atoms with Crippen LogP contribution in [0.4, 0.5) is 11.5 Å². The van der Waals surface area contributed by atoms with Gasteiger partial charge in [0.2, 0.25) is 0 Å². The summed E-state index contributed by atoms with van der Waals surface area (Å²) in [5.74, 6) is 0.0695. The van der Waals surface area contributed by atoms with Crippen LogP contribution in [-0.4, -0.2) is 17.6 Å². The summed E-state index contributed by atoms with van der Waals surface area (Å²) in [7, 11) is 0. The number of thiophene rings is 1. The van der Waals surface area contributed by atoms with E-state index in [1.165, 1.54) is 17.3 Å². The molecule has 0 saturated carbocycles. The molecule has 0 bridgehead atoms. The lowest BCUT2D eigenvalue weighted by molar-refractivity contribution is 0.0527. The van der Waals surface area contributed by atoms with E-state index in [4.69, 9.17) is 10.5 Å².